The lowest BCUT2D eigenvalue weighted by Gasteiger charge is -2.20. The molecule has 3 atom stereocenters. The van der Waals surface area contributed by atoms with E-state index in [9.17, 15) is 0 Å². The Hall–Kier alpha value is -1.61. The summed E-state index contributed by atoms with van der Waals surface area (Å²) < 4.78 is 1.98. The van der Waals surface area contributed by atoms with Crippen LogP contribution in [0.1, 0.15) is 49.1 Å². The largest absolute Gasteiger partial charge is 0.300 e. The van der Waals surface area contributed by atoms with Gasteiger partial charge in [0, 0.05) is 30.9 Å². The van der Waals surface area contributed by atoms with Crippen molar-refractivity contribution in [1.29, 1.82) is 0 Å². The molecule has 1 saturated heterocycles. The summed E-state index contributed by atoms with van der Waals surface area (Å²) in [6.45, 7) is 9.25. The van der Waals surface area contributed by atoms with Crippen LogP contribution in [-0.2, 0) is 7.05 Å². The Bertz CT molecular complexity index is 728. The first-order chi connectivity index (χ1) is 11.5. The molecule has 0 N–H and O–H groups in total. The van der Waals surface area contributed by atoms with E-state index in [0.717, 1.165) is 23.6 Å². The van der Waals surface area contributed by atoms with Gasteiger partial charge in [0.1, 0.15) is 0 Å². The maximum Gasteiger partial charge on any atom is 0.0674 e. The van der Waals surface area contributed by atoms with Crippen molar-refractivity contribution in [3.05, 3.63) is 41.2 Å². The lowest BCUT2D eigenvalue weighted by atomic mass is 10.0. The molecule has 2 heterocycles. The van der Waals surface area contributed by atoms with Crippen LogP contribution in [0.2, 0.25) is 0 Å². The summed E-state index contributed by atoms with van der Waals surface area (Å²) in [5.41, 5.74) is 6.48. The fourth-order valence-corrected chi connectivity index (χ4v) is 4.51. The van der Waals surface area contributed by atoms with Gasteiger partial charge in [-0.1, -0.05) is 24.3 Å². The van der Waals surface area contributed by atoms with Gasteiger partial charge in [-0.3, -0.25) is 4.68 Å². The second-order valence-corrected chi connectivity index (χ2v) is 7.88. The zero-order chi connectivity index (χ0) is 16.8. The van der Waals surface area contributed by atoms with Gasteiger partial charge in [-0.15, -0.1) is 0 Å². The molecule has 24 heavy (non-hydrogen) atoms. The van der Waals surface area contributed by atoms with Gasteiger partial charge in [-0.05, 0) is 69.5 Å². The lowest BCUT2D eigenvalue weighted by Crippen LogP contribution is -2.29. The fraction of sp³-hybridized carbons (Fsp3) is 0.571. The summed E-state index contributed by atoms with van der Waals surface area (Å²) >= 11 is 0. The SMILES string of the molecule is Cc1nn(C)c(C)c1-c1ccc([C@H]2C[C@@H]2CN2CCC[C@@H]2C)cc1. The fourth-order valence-electron chi connectivity index (χ4n) is 4.51. The quantitative estimate of drug-likeness (QED) is 0.837. The first-order valence-electron chi connectivity index (χ1n) is 9.39. The van der Waals surface area contributed by atoms with Crippen molar-refractivity contribution in [3.63, 3.8) is 0 Å². The second-order valence-electron chi connectivity index (χ2n) is 7.88. The number of rotatable bonds is 4. The van der Waals surface area contributed by atoms with Gasteiger partial charge in [0.2, 0.25) is 0 Å². The molecule has 2 fully saturated rings. The molecular formula is C21H29N3. The Kier molecular flexibility index (Phi) is 4.00. The molecule has 1 saturated carbocycles. The van der Waals surface area contributed by atoms with Gasteiger partial charge >= 0.3 is 0 Å². The van der Waals surface area contributed by atoms with Crippen LogP contribution in [-0.4, -0.2) is 33.8 Å². The normalized spacial score (nSPS) is 26.9. The van der Waals surface area contributed by atoms with E-state index in [1.54, 1.807) is 0 Å². The molecule has 1 aliphatic carbocycles. The summed E-state index contributed by atoms with van der Waals surface area (Å²) in [6, 6.07) is 10.1. The summed E-state index contributed by atoms with van der Waals surface area (Å²) in [4.78, 5) is 2.70. The van der Waals surface area contributed by atoms with Crippen molar-refractivity contribution in [3.8, 4) is 11.1 Å². The van der Waals surface area contributed by atoms with E-state index in [1.807, 2.05) is 11.7 Å². The van der Waals surface area contributed by atoms with E-state index >= 15 is 0 Å². The summed E-state index contributed by atoms with van der Waals surface area (Å²) in [7, 11) is 2.02. The molecule has 128 valence electrons. The van der Waals surface area contributed by atoms with E-state index in [-0.39, 0.29) is 0 Å². The molecule has 3 nitrogen and oxygen atoms in total. The zero-order valence-corrected chi connectivity index (χ0v) is 15.4. The number of hydrogen-bond donors (Lipinski definition) is 0. The first-order valence-corrected chi connectivity index (χ1v) is 9.39. The zero-order valence-electron chi connectivity index (χ0n) is 15.4. The van der Waals surface area contributed by atoms with Crippen molar-refractivity contribution in [2.24, 2.45) is 13.0 Å². The third-order valence-corrected chi connectivity index (χ3v) is 6.22. The molecule has 1 aliphatic heterocycles. The van der Waals surface area contributed by atoms with Gasteiger partial charge in [-0.25, -0.2) is 0 Å². The molecule has 1 aromatic heterocycles. The molecule has 0 bridgehead atoms. The van der Waals surface area contributed by atoms with Crippen LogP contribution in [0.25, 0.3) is 11.1 Å². The number of likely N-dealkylation sites (tertiary alicyclic amines) is 1. The van der Waals surface area contributed by atoms with Crippen molar-refractivity contribution >= 4 is 0 Å². The highest BCUT2D eigenvalue weighted by atomic mass is 15.3. The van der Waals surface area contributed by atoms with Crippen LogP contribution in [0, 0.1) is 19.8 Å². The van der Waals surface area contributed by atoms with E-state index in [4.69, 9.17) is 0 Å². The van der Waals surface area contributed by atoms with E-state index < -0.39 is 0 Å². The van der Waals surface area contributed by atoms with Gasteiger partial charge in [0.25, 0.3) is 0 Å². The molecule has 2 aliphatic rings. The van der Waals surface area contributed by atoms with Crippen LogP contribution in [0.15, 0.2) is 24.3 Å². The summed E-state index contributed by atoms with van der Waals surface area (Å²) in [5.74, 6) is 1.65. The predicted octanol–water partition coefficient (Wildman–Crippen LogP) is 4.29. The summed E-state index contributed by atoms with van der Waals surface area (Å²) in [5, 5.41) is 4.54. The van der Waals surface area contributed by atoms with E-state index in [1.165, 1.54) is 54.7 Å². The van der Waals surface area contributed by atoms with Crippen molar-refractivity contribution in [1.82, 2.24) is 14.7 Å². The molecule has 0 amide bonds. The topological polar surface area (TPSA) is 21.1 Å². The second kappa shape index (κ2) is 6.03. The highest BCUT2D eigenvalue weighted by Crippen LogP contribution is 2.48. The Balaban J connectivity index is 1.45. The Morgan fingerprint density at radius 1 is 1.17 bits per heavy atom. The maximum atomic E-state index is 4.54. The number of hydrogen-bond acceptors (Lipinski definition) is 2. The highest BCUT2D eigenvalue weighted by Gasteiger charge is 2.40. The van der Waals surface area contributed by atoms with Gasteiger partial charge in [-0.2, -0.15) is 5.10 Å². The average Bonchev–Trinajstić information content (AvgIpc) is 3.14. The molecule has 0 spiro atoms. The minimum Gasteiger partial charge on any atom is -0.300 e. The number of aromatic nitrogens is 2. The minimum atomic E-state index is 0.781. The van der Waals surface area contributed by atoms with E-state index in [0.29, 0.717) is 0 Å². The van der Waals surface area contributed by atoms with Gasteiger partial charge in [0.15, 0.2) is 0 Å². The smallest absolute Gasteiger partial charge is 0.0674 e. The molecule has 4 rings (SSSR count). The number of nitrogens with zero attached hydrogens (tertiary/aromatic N) is 3. The molecule has 2 aromatic rings. The maximum absolute atomic E-state index is 4.54. The van der Waals surface area contributed by atoms with Crippen LogP contribution in [0.3, 0.4) is 0 Å². The van der Waals surface area contributed by atoms with Crippen LogP contribution < -0.4 is 0 Å². The van der Waals surface area contributed by atoms with Crippen molar-refractivity contribution in [2.45, 2.75) is 52.0 Å². The van der Waals surface area contributed by atoms with Crippen LogP contribution in [0.5, 0.6) is 0 Å². The van der Waals surface area contributed by atoms with E-state index in [2.05, 4.69) is 55.0 Å². The highest BCUT2D eigenvalue weighted by molar-refractivity contribution is 5.68. The Morgan fingerprint density at radius 2 is 1.92 bits per heavy atom. The third kappa shape index (κ3) is 2.79. The Morgan fingerprint density at radius 3 is 2.50 bits per heavy atom. The van der Waals surface area contributed by atoms with Crippen molar-refractivity contribution in [2.75, 3.05) is 13.1 Å². The standard InChI is InChI=1S/C21H29N3/c1-14-6-5-11-24(14)13-19-12-20(19)17-7-9-18(10-8-17)21-15(2)22-23(4)16(21)3/h7-10,14,19-20H,5-6,11-13H2,1-4H3/t14-,19+,20+/m0/s1. The third-order valence-electron chi connectivity index (χ3n) is 6.22. The van der Waals surface area contributed by atoms with Gasteiger partial charge in [0.05, 0.1) is 5.69 Å². The number of aryl methyl sites for hydroxylation is 2. The van der Waals surface area contributed by atoms with Crippen molar-refractivity contribution < 1.29 is 0 Å². The molecule has 0 unspecified atom stereocenters. The Labute approximate surface area is 145 Å². The molecular weight excluding hydrogens is 294 g/mol. The lowest BCUT2D eigenvalue weighted by molar-refractivity contribution is 0.256. The average molecular weight is 323 g/mol. The summed E-state index contributed by atoms with van der Waals surface area (Å²) in [6.07, 6.45) is 4.14. The number of benzene rings is 1. The van der Waals surface area contributed by atoms with Crippen LogP contribution >= 0.6 is 0 Å². The predicted molar refractivity (Wildman–Crippen MR) is 99.2 cm³/mol. The first kappa shape index (κ1) is 15.9. The van der Waals surface area contributed by atoms with Crippen LogP contribution in [0.4, 0.5) is 0 Å². The molecule has 1 aromatic carbocycles. The van der Waals surface area contributed by atoms with Gasteiger partial charge < -0.3 is 4.90 Å². The molecule has 0 radical (unpaired) electrons. The minimum absolute atomic E-state index is 0.781. The monoisotopic (exact) mass is 323 g/mol. The molecule has 3 heteroatoms.